The smallest absolute Gasteiger partial charge is 0.276 e. The maximum Gasteiger partial charge on any atom is 0.276 e. The molecule has 0 aliphatic rings. The number of halogens is 3. The monoisotopic (exact) mass is 386 g/mol. The van der Waals surface area contributed by atoms with Crippen LogP contribution in [0.1, 0.15) is 11.1 Å². The molecule has 0 saturated carbocycles. The number of hydrazine groups is 1. The van der Waals surface area contributed by atoms with Crippen LogP contribution in [0.5, 0.6) is 5.75 Å². The fourth-order valence-electron chi connectivity index (χ4n) is 2.55. The highest BCUT2D eigenvalue weighted by molar-refractivity contribution is 5.79. The van der Waals surface area contributed by atoms with Gasteiger partial charge in [-0.2, -0.15) is 0 Å². The first-order chi connectivity index (χ1) is 13.5. The molecule has 3 rings (SSSR count). The summed E-state index contributed by atoms with van der Waals surface area (Å²) in [7, 11) is 0. The van der Waals surface area contributed by atoms with E-state index >= 15 is 0 Å². The fraction of sp³-hybridized carbons (Fsp3) is 0.0952. The van der Waals surface area contributed by atoms with Gasteiger partial charge in [-0.05, 0) is 29.3 Å². The topological polar surface area (TPSA) is 50.4 Å². The molecule has 0 radical (unpaired) electrons. The van der Waals surface area contributed by atoms with Gasteiger partial charge in [0, 0.05) is 6.42 Å². The van der Waals surface area contributed by atoms with Gasteiger partial charge in [-0.1, -0.05) is 48.5 Å². The molecular formula is C21H17F3N2O2. The number of hydrogen-bond acceptors (Lipinski definition) is 3. The Balaban J connectivity index is 1.57. The average Bonchev–Trinajstić information content (AvgIpc) is 2.71. The first-order valence-electron chi connectivity index (χ1n) is 8.47. The molecule has 0 aromatic heterocycles. The van der Waals surface area contributed by atoms with Crippen molar-refractivity contribution in [1.29, 1.82) is 0 Å². The van der Waals surface area contributed by atoms with Crippen LogP contribution in [0.15, 0.2) is 66.7 Å². The zero-order valence-electron chi connectivity index (χ0n) is 14.7. The molecule has 28 heavy (non-hydrogen) atoms. The number of carbonyl (C=O) groups excluding carboxylic acids is 1. The van der Waals surface area contributed by atoms with Gasteiger partial charge in [-0.3, -0.25) is 15.6 Å². The number of hydrogen-bond donors (Lipinski definition) is 2. The number of para-hydroxylation sites is 1. The molecule has 0 unspecified atom stereocenters. The largest absolute Gasteiger partial charge is 0.483 e. The first-order valence-corrected chi connectivity index (χ1v) is 8.47. The third-order valence-electron chi connectivity index (χ3n) is 3.94. The summed E-state index contributed by atoms with van der Waals surface area (Å²) in [6.45, 7) is -0.343. The summed E-state index contributed by atoms with van der Waals surface area (Å²) in [5, 5.41) is 0. The third kappa shape index (κ3) is 4.82. The summed E-state index contributed by atoms with van der Waals surface area (Å²) in [5.41, 5.74) is 6.00. The fourth-order valence-corrected chi connectivity index (χ4v) is 2.55. The molecular weight excluding hydrogens is 369 g/mol. The molecule has 0 saturated heterocycles. The van der Waals surface area contributed by atoms with Gasteiger partial charge in [0.05, 0.1) is 5.69 Å². The van der Waals surface area contributed by atoms with Gasteiger partial charge < -0.3 is 4.74 Å². The Morgan fingerprint density at radius 2 is 1.57 bits per heavy atom. The lowest BCUT2D eigenvalue weighted by Crippen LogP contribution is -2.34. The van der Waals surface area contributed by atoms with E-state index in [1.54, 1.807) is 12.1 Å². The zero-order valence-corrected chi connectivity index (χ0v) is 14.7. The molecule has 4 nitrogen and oxygen atoms in total. The molecule has 144 valence electrons. The van der Waals surface area contributed by atoms with Crippen molar-refractivity contribution in [2.24, 2.45) is 0 Å². The Kier molecular flexibility index (Phi) is 6.16. The molecule has 0 aliphatic carbocycles. The van der Waals surface area contributed by atoms with Crippen molar-refractivity contribution in [2.45, 2.75) is 6.42 Å². The second kappa shape index (κ2) is 8.94. The number of benzene rings is 3. The van der Waals surface area contributed by atoms with Crippen LogP contribution < -0.4 is 15.6 Å². The van der Waals surface area contributed by atoms with E-state index in [9.17, 15) is 18.0 Å². The lowest BCUT2D eigenvalue weighted by Gasteiger charge is -2.13. The minimum absolute atomic E-state index is 0.343. The molecule has 0 aliphatic heterocycles. The quantitative estimate of drug-likeness (QED) is 0.472. The Bertz CT molecular complexity index is 965. The number of carbonyl (C=O) groups is 1. The van der Waals surface area contributed by atoms with Gasteiger partial charge in [0.15, 0.2) is 24.1 Å². The molecule has 7 heteroatoms. The van der Waals surface area contributed by atoms with Gasteiger partial charge in [0.1, 0.15) is 5.75 Å². The Labute approximate surface area is 159 Å². The van der Waals surface area contributed by atoms with Crippen molar-refractivity contribution in [3.63, 3.8) is 0 Å². The lowest BCUT2D eigenvalue weighted by atomic mass is 10.0. The van der Waals surface area contributed by atoms with Crippen molar-refractivity contribution in [1.82, 2.24) is 5.43 Å². The number of rotatable bonds is 7. The Morgan fingerprint density at radius 1 is 0.857 bits per heavy atom. The molecule has 0 atom stereocenters. The van der Waals surface area contributed by atoms with Crippen molar-refractivity contribution in [3.05, 3.63) is 95.3 Å². The van der Waals surface area contributed by atoms with E-state index in [-0.39, 0.29) is 6.61 Å². The molecule has 3 aromatic rings. The minimum atomic E-state index is -1.62. The van der Waals surface area contributed by atoms with Gasteiger partial charge in [-0.25, -0.2) is 13.2 Å². The van der Waals surface area contributed by atoms with Crippen molar-refractivity contribution in [2.75, 3.05) is 12.0 Å². The Morgan fingerprint density at radius 3 is 2.36 bits per heavy atom. The maximum atomic E-state index is 13.6. The summed E-state index contributed by atoms with van der Waals surface area (Å²) in [4.78, 5) is 11.9. The molecule has 0 fully saturated rings. The molecule has 0 spiro atoms. The highest BCUT2D eigenvalue weighted by Crippen LogP contribution is 2.21. The molecule has 0 bridgehead atoms. The Hall–Kier alpha value is -3.48. The van der Waals surface area contributed by atoms with Crippen LogP contribution in [-0.4, -0.2) is 12.5 Å². The number of amides is 1. The van der Waals surface area contributed by atoms with Crippen LogP contribution >= 0.6 is 0 Å². The van der Waals surface area contributed by atoms with Crippen molar-refractivity contribution >= 4 is 11.6 Å². The average molecular weight is 386 g/mol. The third-order valence-corrected chi connectivity index (χ3v) is 3.94. The van der Waals surface area contributed by atoms with Gasteiger partial charge in [0.25, 0.3) is 5.91 Å². The standard InChI is InChI=1S/C21H17F3N2O2/c22-16-10-11-17(21(24)20(16)23)25-26-19(27)13-28-18-9-5-4-8-15(18)12-14-6-2-1-3-7-14/h1-11,25H,12-13H2,(H,26,27). The summed E-state index contributed by atoms with van der Waals surface area (Å²) in [6, 6.07) is 18.8. The lowest BCUT2D eigenvalue weighted by molar-refractivity contribution is -0.122. The second-order valence-corrected chi connectivity index (χ2v) is 5.95. The van der Waals surface area contributed by atoms with E-state index in [0.717, 1.165) is 23.3 Å². The number of nitrogens with one attached hydrogen (secondary N) is 2. The highest BCUT2D eigenvalue weighted by atomic mass is 19.2. The molecule has 2 N–H and O–H groups in total. The SMILES string of the molecule is O=C(COc1ccccc1Cc1ccccc1)NNc1ccc(F)c(F)c1F. The summed E-state index contributed by atoms with van der Waals surface area (Å²) in [5.74, 6) is -4.42. The van der Waals surface area contributed by atoms with E-state index < -0.39 is 29.0 Å². The minimum Gasteiger partial charge on any atom is -0.483 e. The maximum absolute atomic E-state index is 13.6. The zero-order chi connectivity index (χ0) is 19.9. The normalized spacial score (nSPS) is 10.4. The molecule has 1 amide bonds. The van der Waals surface area contributed by atoms with E-state index in [1.165, 1.54) is 0 Å². The number of anilines is 1. The van der Waals surface area contributed by atoms with Gasteiger partial charge in [-0.15, -0.1) is 0 Å². The van der Waals surface area contributed by atoms with Gasteiger partial charge >= 0.3 is 0 Å². The second-order valence-electron chi connectivity index (χ2n) is 5.95. The summed E-state index contributed by atoms with van der Waals surface area (Å²) >= 11 is 0. The predicted octanol–water partition coefficient (Wildman–Crippen LogP) is 4.22. The summed E-state index contributed by atoms with van der Waals surface area (Å²) in [6.07, 6.45) is 0.636. The molecule has 0 heterocycles. The van der Waals surface area contributed by atoms with Crippen molar-refractivity contribution < 1.29 is 22.7 Å². The van der Waals surface area contributed by atoms with Crippen LogP contribution in [0.3, 0.4) is 0 Å². The van der Waals surface area contributed by atoms with Crippen LogP contribution in [0.4, 0.5) is 18.9 Å². The highest BCUT2D eigenvalue weighted by Gasteiger charge is 2.14. The first kappa shape index (κ1) is 19.3. The van der Waals surface area contributed by atoms with Crippen LogP contribution in [0, 0.1) is 17.5 Å². The summed E-state index contributed by atoms with van der Waals surface area (Å²) < 4.78 is 45.2. The molecule has 3 aromatic carbocycles. The van der Waals surface area contributed by atoms with Crippen LogP contribution in [-0.2, 0) is 11.2 Å². The van der Waals surface area contributed by atoms with Crippen molar-refractivity contribution in [3.8, 4) is 5.75 Å². The van der Waals surface area contributed by atoms with E-state index in [4.69, 9.17) is 4.74 Å². The van der Waals surface area contributed by atoms with Crippen LogP contribution in [0.25, 0.3) is 0 Å². The van der Waals surface area contributed by atoms with E-state index in [0.29, 0.717) is 12.2 Å². The predicted molar refractivity (Wildman–Crippen MR) is 99.3 cm³/mol. The van der Waals surface area contributed by atoms with Gasteiger partial charge in [0.2, 0.25) is 0 Å². The van der Waals surface area contributed by atoms with E-state index in [2.05, 4.69) is 10.9 Å². The van der Waals surface area contributed by atoms with E-state index in [1.807, 2.05) is 42.5 Å². The number of ether oxygens (including phenoxy) is 1. The van der Waals surface area contributed by atoms with Crippen LogP contribution in [0.2, 0.25) is 0 Å².